The molecule has 0 unspecified atom stereocenters. The highest BCUT2D eigenvalue weighted by atomic mass is 19.3. The molecule has 1 aromatic rings. The molecule has 1 aliphatic heterocycles. The third kappa shape index (κ3) is 4.14. The smallest absolute Gasteiger partial charge is 0.408 e. The van der Waals surface area contributed by atoms with Gasteiger partial charge < -0.3 is 14.8 Å². The van der Waals surface area contributed by atoms with Gasteiger partial charge in [-0.1, -0.05) is 30.3 Å². The van der Waals surface area contributed by atoms with E-state index in [-0.39, 0.29) is 12.2 Å². The first-order valence-corrected chi connectivity index (χ1v) is 6.74. The van der Waals surface area contributed by atoms with Crippen LogP contribution in [0.3, 0.4) is 0 Å². The van der Waals surface area contributed by atoms with Crippen molar-refractivity contribution in [1.82, 2.24) is 5.32 Å². The molecule has 116 valence electrons. The van der Waals surface area contributed by atoms with Crippen LogP contribution in [-0.4, -0.2) is 30.4 Å². The largest absolute Gasteiger partial charge is 0.444 e. The zero-order valence-corrected chi connectivity index (χ0v) is 12.2. The lowest BCUT2D eigenvalue weighted by atomic mass is 9.99. The van der Waals surface area contributed by atoms with Crippen LogP contribution in [0.25, 0.3) is 0 Å². The average Bonchev–Trinajstić information content (AvgIpc) is 3.19. The summed E-state index contributed by atoms with van der Waals surface area (Å²) in [6.45, 7) is 5.21. The van der Waals surface area contributed by atoms with Gasteiger partial charge in [0.25, 0.3) is 5.92 Å². The van der Waals surface area contributed by atoms with Gasteiger partial charge in [-0.2, -0.15) is 8.78 Å². The molecule has 1 N–H and O–H groups in total. The molecule has 4 nitrogen and oxygen atoms in total. The molecule has 1 amide bonds. The van der Waals surface area contributed by atoms with E-state index in [1.54, 1.807) is 26.8 Å². The normalized spacial score (nSPS) is 19.8. The van der Waals surface area contributed by atoms with Crippen LogP contribution in [0, 0.1) is 0 Å². The molecule has 1 fully saturated rings. The minimum absolute atomic E-state index is 0.165. The van der Waals surface area contributed by atoms with Crippen LogP contribution in [0.5, 0.6) is 0 Å². The lowest BCUT2D eigenvalue weighted by molar-refractivity contribution is -0.0542. The Bertz CT molecular complexity index is 495. The van der Waals surface area contributed by atoms with Crippen molar-refractivity contribution in [3.8, 4) is 0 Å². The van der Waals surface area contributed by atoms with Gasteiger partial charge in [-0.25, -0.2) is 4.79 Å². The summed E-state index contributed by atoms with van der Waals surface area (Å²) in [4.78, 5) is 11.8. The van der Waals surface area contributed by atoms with Gasteiger partial charge in [-0.3, -0.25) is 0 Å². The molecule has 1 aliphatic rings. The molecule has 2 rings (SSSR count). The lowest BCUT2D eigenvalue weighted by Crippen LogP contribution is -2.50. The van der Waals surface area contributed by atoms with E-state index in [4.69, 9.17) is 9.47 Å². The Balaban J connectivity index is 2.14. The fourth-order valence-electron chi connectivity index (χ4n) is 1.94. The van der Waals surface area contributed by atoms with Crippen molar-refractivity contribution in [2.45, 2.75) is 44.4 Å². The van der Waals surface area contributed by atoms with Crippen LogP contribution in [0.4, 0.5) is 13.6 Å². The van der Waals surface area contributed by atoms with Crippen molar-refractivity contribution in [1.29, 1.82) is 0 Å². The second kappa shape index (κ2) is 5.60. The van der Waals surface area contributed by atoms with Crippen LogP contribution < -0.4 is 5.32 Å². The molecular formula is C15H19F2NO3. The maximum Gasteiger partial charge on any atom is 0.408 e. The van der Waals surface area contributed by atoms with Crippen molar-refractivity contribution >= 4 is 6.09 Å². The van der Waals surface area contributed by atoms with Crippen molar-refractivity contribution in [3.63, 3.8) is 0 Å². The van der Waals surface area contributed by atoms with Crippen molar-refractivity contribution in [3.05, 3.63) is 35.9 Å². The first-order valence-electron chi connectivity index (χ1n) is 6.74. The van der Waals surface area contributed by atoms with E-state index in [1.807, 2.05) is 0 Å². The molecule has 0 saturated carbocycles. The van der Waals surface area contributed by atoms with E-state index in [1.165, 1.54) is 24.3 Å². The predicted molar refractivity (Wildman–Crippen MR) is 73.2 cm³/mol. The summed E-state index contributed by atoms with van der Waals surface area (Å²) in [7, 11) is 0. The Kier molecular flexibility index (Phi) is 4.18. The summed E-state index contributed by atoms with van der Waals surface area (Å²) in [6, 6.07) is 5.92. The van der Waals surface area contributed by atoms with E-state index in [0.29, 0.717) is 0 Å². The second-order valence-electron chi connectivity index (χ2n) is 5.98. The summed E-state index contributed by atoms with van der Waals surface area (Å²) in [5.74, 6) is -3.24. The number of hydrogen-bond donors (Lipinski definition) is 1. The fourth-order valence-corrected chi connectivity index (χ4v) is 1.94. The summed E-state index contributed by atoms with van der Waals surface area (Å²) in [6.07, 6.45) is -1.58. The number of halogens is 2. The van der Waals surface area contributed by atoms with Crippen LogP contribution >= 0.6 is 0 Å². The van der Waals surface area contributed by atoms with E-state index in [0.717, 1.165) is 0 Å². The highest BCUT2D eigenvalue weighted by molar-refractivity contribution is 5.68. The Morgan fingerprint density at radius 3 is 2.38 bits per heavy atom. The SMILES string of the molecule is CC(C)(C)OC(=O)N[C@H]([C@H]1CO1)C(F)(F)c1ccccc1. The quantitative estimate of drug-likeness (QED) is 0.869. The van der Waals surface area contributed by atoms with Crippen molar-refractivity contribution < 1.29 is 23.0 Å². The van der Waals surface area contributed by atoms with E-state index < -0.39 is 29.8 Å². The summed E-state index contributed by atoms with van der Waals surface area (Å²) in [5.41, 5.74) is -0.914. The van der Waals surface area contributed by atoms with Crippen LogP contribution in [0.1, 0.15) is 26.3 Å². The first-order chi connectivity index (χ1) is 9.70. The van der Waals surface area contributed by atoms with Crippen LogP contribution in [-0.2, 0) is 15.4 Å². The summed E-state index contributed by atoms with van der Waals surface area (Å²) < 4.78 is 39.1. The van der Waals surface area contributed by atoms with E-state index >= 15 is 0 Å². The number of carbonyl (C=O) groups excluding carboxylic acids is 1. The topological polar surface area (TPSA) is 50.9 Å². The Hall–Kier alpha value is -1.69. The molecule has 0 bridgehead atoms. The maximum atomic E-state index is 14.6. The number of amides is 1. The molecule has 21 heavy (non-hydrogen) atoms. The van der Waals surface area contributed by atoms with Crippen molar-refractivity contribution in [2.75, 3.05) is 6.61 Å². The lowest BCUT2D eigenvalue weighted by Gasteiger charge is -2.28. The van der Waals surface area contributed by atoms with Crippen molar-refractivity contribution in [2.24, 2.45) is 0 Å². The van der Waals surface area contributed by atoms with Gasteiger partial charge in [0.2, 0.25) is 0 Å². The molecule has 0 radical (unpaired) electrons. The number of epoxide rings is 1. The molecule has 1 saturated heterocycles. The van der Waals surface area contributed by atoms with Gasteiger partial charge in [0.15, 0.2) is 0 Å². The second-order valence-corrected chi connectivity index (χ2v) is 5.98. The molecule has 1 heterocycles. The highest BCUT2D eigenvalue weighted by Crippen LogP contribution is 2.37. The van der Waals surface area contributed by atoms with Gasteiger partial charge in [-0.15, -0.1) is 0 Å². The third-order valence-corrected chi connectivity index (χ3v) is 2.95. The molecule has 0 spiro atoms. The third-order valence-electron chi connectivity index (χ3n) is 2.95. The molecule has 0 aromatic heterocycles. The summed E-state index contributed by atoms with van der Waals surface area (Å²) in [5, 5.41) is 2.24. The maximum absolute atomic E-state index is 14.6. The minimum Gasteiger partial charge on any atom is -0.444 e. The van der Waals surface area contributed by atoms with E-state index in [9.17, 15) is 13.6 Å². The number of carbonyl (C=O) groups is 1. The Labute approximate surface area is 122 Å². The monoisotopic (exact) mass is 299 g/mol. The highest BCUT2D eigenvalue weighted by Gasteiger charge is 2.52. The van der Waals surface area contributed by atoms with Gasteiger partial charge >= 0.3 is 6.09 Å². The van der Waals surface area contributed by atoms with Gasteiger partial charge in [0.05, 0.1) is 6.61 Å². The Morgan fingerprint density at radius 2 is 1.90 bits per heavy atom. The molecule has 1 aromatic carbocycles. The minimum atomic E-state index is -3.24. The number of hydrogen-bond acceptors (Lipinski definition) is 3. The standard InChI is InChI=1S/C15H19F2NO3/c1-14(2,3)21-13(19)18-12(11-9-20-11)15(16,17)10-7-5-4-6-8-10/h4-8,11-12H,9H2,1-3H3,(H,18,19)/t11-,12-/m1/s1. The zero-order chi connectivity index (χ0) is 15.7. The number of alkyl carbamates (subject to hydrolysis) is 1. The number of alkyl halides is 2. The average molecular weight is 299 g/mol. The molecular weight excluding hydrogens is 280 g/mol. The number of benzene rings is 1. The summed E-state index contributed by atoms with van der Waals surface area (Å²) >= 11 is 0. The Morgan fingerprint density at radius 1 is 1.33 bits per heavy atom. The molecule has 0 aliphatic carbocycles. The van der Waals surface area contributed by atoms with Crippen LogP contribution in [0.2, 0.25) is 0 Å². The predicted octanol–water partition coefficient (Wildman–Crippen LogP) is 3.07. The van der Waals surface area contributed by atoms with Crippen LogP contribution in [0.15, 0.2) is 30.3 Å². The number of nitrogens with one attached hydrogen (secondary N) is 1. The van der Waals surface area contributed by atoms with Gasteiger partial charge in [0.1, 0.15) is 17.7 Å². The zero-order valence-electron chi connectivity index (χ0n) is 12.2. The number of rotatable bonds is 4. The first kappa shape index (κ1) is 15.7. The molecule has 2 atom stereocenters. The fraction of sp³-hybridized carbons (Fsp3) is 0.533. The number of ether oxygens (including phenoxy) is 2. The van der Waals surface area contributed by atoms with E-state index in [2.05, 4.69) is 5.32 Å². The van der Waals surface area contributed by atoms with Gasteiger partial charge in [0, 0.05) is 5.56 Å². The van der Waals surface area contributed by atoms with Gasteiger partial charge in [-0.05, 0) is 20.8 Å². The molecule has 6 heteroatoms.